The molecule has 1 fully saturated rings. The van der Waals surface area contributed by atoms with E-state index in [-0.39, 0.29) is 24.2 Å². The molecule has 0 spiro atoms. The van der Waals surface area contributed by atoms with E-state index in [0.29, 0.717) is 5.56 Å². The lowest BCUT2D eigenvalue weighted by Crippen LogP contribution is -2.33. The van der Waals surface area contributed by atoms with Crippen molar-refractivity contribution in [3.63, 3.8) is 0 Å². The number of nitrogens with one attached hydrogen (secondary N) is 1. The zero-order chi connectivity index (χ0) is 18.5. The number of amides is 1. The second kappa shape index (κ2) is 8.25. The van der Waals surface area contributed by atoms with Crippen LogP contribution < -0.4 is 5.32 Å². The van der Waals surface area contributed by atoms with E-state index in [4.69, 9.17) is 5.11 Å². The molecule has 3 rings (SSSR count). The molecule has 26 heavy (non-hydrogen) atoms. The second-order valence-electron chi connectivity index (χ2n) is 6.70. The Morgan fingerprint density at radius 3 is 2.38 bits per heavy atom. The molecule has 2 aromatic carbocycles. The molecule has 0 saturated heterocycles. The predicted octanol–water partition coefficient (Wildman–Crippen LogP) is 2.42. The smallest absolute Gasteiger partial charge is 0.251 e. The van der Waals surface area contributed by atoms with Crippen LogP contribution in [0.15, 0.2) is 48.5 Å². The van der Waals surface area contributed by atoms with Crippen molar-refractivity contribution in [3.05, 3.63) is 59.7 Å². The summed E-state index contributed by atoms with van der Waals surface area (Å²) >= 11 is 0. The zero-order valence-corrected chi connectivity index (χ0v) is 14.5. The van der Waals surface area contributed by atoms with E-state index in [9.17, 15) is 14.7 Å². The Labute approximate surface area is 152 Å². The molecule has 1 aliphatic carbocycles. The van der Waals surface area contributed by atoms with Gasteiger partial charge in [-0.1, -0.05) is 42.8 Å². The van der Waals surface area contributed by atoms with Gasteiger partial charge in [0.15, 0.2) is 5.78 Å². The first-order valence-corrected chi connectivity index (χ1v) is 8.90. The number of hydrogen-bond donors (Lipinski definition) is 3. The van der Waals surface area contributed by atoms with Crippen molar-refractivity contribution in [3.8, 4) is 11.1 Å². The number of hydrogen-bond acceptors (Lipinski definition) is 4. The van der Waals surface area contributed by atoms with Crippen molar-refractivity contribution in [2.75, 3.05) is 13.2 Å². The van der Waals surface area contributed by atoms with Gasteiger partial charge >= 0.3 is 0 Å². The number of aliphatic hydroxyl groups excluding tert-OH is 2. The lowest BCUT2D eigenvalue weighted by molar-refractivity contribution is 0.0801. The SMILES string of the molecule is O=C(NCC(O)CO)c1cccc(-c2ccc(C(=O)C3CCC3)cc2)c1. The molecule has 1 amide bonds. The summed E-state index contributed by atoms with van der Waals surface area (Å²) < 4.78 is 0. The molecular formula is C21H23NO4. The summed E-state index contributed by atoms with van der Waals surface area (Å²) in [5.41, 5.74) is 3.02. The maximum Gasteiger partial charge on any atom is 0.251 e. The van der Waals surface area contributed by atoms with Crippen LogP contribution in [-0.2, 0) is 0 Å². The van der Waals surface area contributed by atoms with Crippen molar-refractivity contribution in [2.24, 2.45) is 5.92 Å². The van der Waals surface area contributed by atoms with Gasteiger partial charge < -0.3 is 15.5 Å². The average Bonchev–Trinajstić information content (AvgIpc) is 2.64. The third kappa shape index (κ3) is 4.18. The highest BCUT2D eigenvalue weighted by Gasteiger charge is 2.25. The van der Waals surface area contributed by atoms with Gasteiger partial charge in [-0.3, -0.25) is 9.59 Å². The van der Waals surface area contributed by atoms with Crippen LogP contribution in [-0.4, -0.2) is 41.2 Å². The quantitative estimate of drug-likeness (QED) is 0.667. The van der Waals surface area contributed by atoms with Gasteiger partial charge in [0, 0.05) is 23.6 Å². The van der Waals surface area contributed by atoms with Crippen LogP contribution in [0.25, 0.3) is 11.1 Å². The van der Waals surface area contributed by atoms with Gasteiger partial charge in [-0.05, 0) is 36.1 Å². The first-order valence-electron chi connectivity index (χ1n) is 8.90. The minimum Gasteiger partial charge on any atom is -0.394 e. The summed E-state index contributed by atoms with van der Waals surface area (Å²) in [5, 5.41) is 20.7. The largest absolute Gasteiger partial charge is 0.394 e. The molecule has 0 bridgehead atoms. The monoisotopic (exact) mass is 353 g/mol. The summed E-state index contributed by atoms with van der Waals surface area (Å²) in [7, 11) is 0. The maximum absolute atomic E-state index is 12.3. The molecular weight excluding hydrogens is 330 g/mol. The summed E-state index contributed by atoms with van der Waals surface area (Å²) in [6.07, 6.45) is 2.15. The van der Waals surface area contributed by atoms with E-state index in [1.807, 2.05) is 30.3 Å². The Kier molecular flexibility index (Phi) is 5.81. The topological polar surface area (TPSA) is 86.6 Å². The van der Waals surface area contributed by atoms with E-state index in [1.54, 1.807) is 18.2 Å². The Bertz CT molecular complexity index is 781. The molecule has 2 aromatic rings. The highest BCUT2D eigenvalue weighted by molar-refractivity contribution is 5.99. The molecule has 5 nitrogen and oxygen atoms in total. The van der Waals surface area contributed by atoms with Gasteiger partial charge in [-0.25, -0.2) is 0 Å². The normalized spacial score (nSPS) is 15.2. The first kappa shape index (κ1) is 18.3. The van der Waals surface area contributed by atoms with Crippen molar-refractivity contribution < 1.29 is 19.8 Å². The third-order valence-electron chi connectivity index (χ3n) is 4.81. The van der Waals surface area contributed by atoms with E-state index in [2.05, 4.69) is 5.32 Å². The van der Waals surface area contributed by atoms with E-state index in [0.717, 1.165) is 36.0 Å². The number of aliphatic hydroxyl groups is 2. The molecule has 5 heteroatoms. The molecule has 1 saturated carbocycles. The highest BCUT2D eigenvalue weighted by atomic mass is 16.3. The minimum atomic E-state index is -0.970. The van der Waals surface area contributed by atoms with Crippen molar-refractivity contribution in [1.82, 2.24) is 5.32 Å². The molecule has 136 valence electrons. The second-order valence-corrected chi connectivity index (χ2v) is 6.70. The van der Waals surface area contributed by atoms with Crippen LogP contribution in [0.4, 0.5) is 0 Å². The molecule has 0 radical (unpaired) electrons. The van der Waals surface area contributed by atoms with Gasteiger partial charge in [0.05, 0.1) is 12.7 Å². The van der Waals surface area contributed by atoms with E-state index in [1.165, 1.54) is 0 Å². The molecule has 1 aliphatic rings. The number of rotatable bonds is 7. The lowest BCUT2D eigenvalue weighted by atomic mass is 9.80. The number of carbonyl (C=O) groups is 2. The van der Waals surface area contributed by atoms with Gasteiger partial charge in [0.2, 0.25) is 0 Å². The first-order chi connectivity index (χ1) is 12.6. The fourth-order valence-electron chi connectivity index (χ4n) is 2.95. The van der Waals surface area contributed by atoms with Crippen LogP contribution in [0.1, 0.15) is 40.0 Å². The van der Waals surface area contributed by atoms with Crippen LogP contribution in [0.5, 0.6) is 0 Å². The Hall–Kier alpha value is -2.50. The fourth-order valence-corrected chi connectivity index (χ4v) is 2.95. The van der Waals surface area contributed by atoms with Gasteiger partial charge in [-0.2, -0.15) is 0 Å². The summed E-state index contributed by atoms with van der Waals surface area (Å²) in [6.45, 7) is -0.399. The van der Waals surface area contributed by atoms with Crippen LogP contribution in [0.3, 0.4) is 0 Å². The van der Waals surface area contributed by atoms with Gasteiger partial charge in [0.25, 0.3) is 5.91 Å². The predicted molar refractivity (Wildman–Crippen MR) is 99.0 cm³/mol. The van der Waals surface area contributed by atoms with E-state index < -0.39 is 12.7 Å². The molecule has 3 N–H and O–H groups in total. The van der Waals surface area contributed by atoms with Crippen molar-refractivity contribution in [1.29, 1.82) is 0 Å². The lowest BCUT2D eigenvalue weighted by Gasteiger charge is -2.23. The summed E-state index contributed by atoms with van der Waals surface area (Å²) in [6, 6.07) is 14.7. The van der Waals surface area contributed by atoms with E-state index >= 15 is 0 Å². The third-order valence-corrected chi connectivity index (χ3v) is 4.81. The van der Waals surface area contributed by atoms with Crippen molar-refractivity contribution in [2.45, 2.75) is 25.4 Å². The minimum absolute atomic E-state index is 0.00244. The number of benzene rings is 2. The van der Waals surface area contributed by atoms with Crippen LogP contribution >= 0.6 is 0 Å². The Morgan fingerprint density at radius 2 is 1.77 bits per heavy atom. The van der Waals surface area contributed by atoms with Gasteiger partial charge in [0.1, 0.15) is 0 Å². The standard InChI is InChI=1S/C21H23NO4/c23-13-19(24)12-22-21(26)18-6-2-5-17(11-18)14-7-9-16(10-8-14)20(25)15-3-1-4-15/h2,5-11,15,19,23-24H,1,3-4,12-13H2,(H,22,26). The van der Waals surface area contributed by atoms with Crippen molar-refractivity contribution >= 4 is 11.7 Å². The number of ketones is 1. The maximum atomic E-state index is 12.3. The molecule has 0 heterocycles. The zero-order valence-electron chi connectivity index (χ0n) is 14.5. The van der Waals surface area contributed by atoms with Crippen LogP contribution in [0, 0.1) is 5.92 Å². The molecule has 1 unspecified atom stereocenters. The number of Topliss-reactive ketones (excluding diaryl/α,β-unsaturated/α-hetero) is 1. The fraction of sp³-hybridized carbons (Fsp3) is 0.333. The average molecular weight is 353 g/mol. The molecule has 0 aliphatic heterocycles. The molecule has 1 atom stereocenters. The highest BCUT2D eigenvalue weighted by Crippen LogP contribution is 2.30. The number of carbonyl (C=O) groups excluding carboxylic acids is 2. The Morgan fingerprint density at radius 1 is 1.04 bits per heavy atom. The van der Waals surface area contributed by atoms with Gasteiger partial charge in [-0.15, -0.1) is 0 Å². The van der Waals surface area contributed by atoms with Crippen LogP contribution in [0.2, 0.25) is 0 Å². The molecule has 0 aromatic heterocycles. The Balaban J connectivity index is 1.71. The summed E-state index contributed by atoms with van der Waals surface area (Å²) in [5.74, 6) is 0.0941. The summed E-state index contributed by atoms with van der Waals surface area (Å²) in [4.78, 5) is 24.4.